The molecule has 0 spiro atoms. The lowest BCUT2D eigenvalue weighted by atomic mass is 9.99. The fourth-order valence-corrected chi connectivity index (χ4v) is 3.61. The van der Waals surface area contributed by atoms with Gasteiger partial charge in [-0.3, -0.25) is 4.98 Å². The molecule has 1 aromatic heterocycles. The third-order valence-electron chi connectivity index (χ3n) is 5.17. The first-order valence-corrected chi connectivity index (χ1v) is 10.7. The molecule has 0 radical (unpaired) electrons. The number of fused-ring (bicyclic) bond motifs is 1. The van der Waals surface area contributed by atoms with E-state index in [0.717, 1.165) is 35.8 Å². The summed E-state index contributed by atoms with van der Waals surface area (Å²) in [4.78, 5) is 4.33. The smallest absolute Gasteiger partial charge is 0.203 e. The Balaban J connectivity index is 0.00000363. The van der Waals surface area contributed by atoms with E-state index in [1.54, 1.807) is 26.5 Å². The van der Waals surface area contributed by atoms with Gasteiger partial charge in [0.2, 0.25) is 5.75 Å². The average molecular weight is 462 g/mol. The fourth-order valence-electron chi connectivity index (χ4n) is 3.61. The largest absolute Gasteiger partial charge is 0.504 e. The van der Waals surface area contributed by atoms with Gasteiger partial charge in [-0.15, -0.1) is 12.4 Å². The number of methoxy groups -OCH3 is 2. The molecular formula is C25H32ClNO5. The topological polar surface area (TPSA) is 70.0 Å². The van der Waals surface area contributed by atoms with Crippen LogP contribution < -0.4 is 18.9 Å². The van der Waals surface area contributed by atoms with Crippen molar-refractivity contribution >= 4 is 23.2 Å². The summed E-state index contributed by atoms with van der Waals surface area (Å²) in [5.74, 6) is 2.47. The van der Waals surface area contributed by atoms with Crippen LogP contribution in [-0.4, -0.2) is 37.5 Å². The highest BCUT2D eigenvalue weighted by Crippen LogP contribution is 2.40. The Morgan fingerprint density at radius 3 is 2.22 bits per heavy atom. The molecule has 0 atom stereocenters. The molecule has 1 N–H and O–H groups in total. The van der Waals surface area contributed by atoms with Crippen molar-refractivity contribution in [2.75, 3.05) is 27.4 Å². The Morgan fingerprint density at radius 1 is 0.875 bits per heavy atom. The minimum absolute atomic E-state index is 0. The highest BCUT2D eigenvalue weighted by Gasteiger charge is 2.16. The molecule has 0 aliphatic rings. The summed E-state index contributed by atoms with van der Waals surface area (Å²) in [5, 5.41) is 12.2. The lowest BCUT2D eigenvalue weighted by molar-refractivity contribution is 0.268. The molecule has 0 aliphatic heterocycles. The highest BCUT2D eigenvalue weighted by molar-refractivity contribution is 5.92. The number of aromatic nitrogens is 1. The number of pyridine rings is 1. The number of nitrogens with zero attached hydrogens (tertiary/aromatic N) is 1. The van der Waals surface area contributed by atoms with Crippen LogP contribution in [0.15, 0.2) is 36.7 Å². The van der Waals surface area contributed by atoms with Gasteiger partial charge in [-0.25, -0.2) is 0 Å². The molecule has 3 aromatic rings. The zero-order chi connectivity index (χ0) is 22.2. The highest BCUT2D eigenvalue weighted by atomic mass is 35.5. The molecule has 3 rings (SSSR count). The second-order valence-electron chi connectivity index (χ2n) is 7.30. The van der Waals surface area contributed by atoms with Gasteiger partial charge >= 0.3 is 0 Å². The molecule has 1 heterocycles. The second-order valence-corrected chi connectivity index (χ2v) is 7.30. The third-order valence-corrected chi connectivity index (χ3v) is 5.17. The molecule has 174 valence electrons. The Morgan fingerprint density at radius 2 is 1.59 bits per heavy atom. The number of unbranched alkanes of at least 4 members (excludes halogenated alkanes) is 2. The Bertz CT molecular complexity index is 1000. The van der Waals surface area contributed by atoms with E-state index in [-0.39, 0.29) is 18.2 Å². The molecule has 2 aromatic carbocycles. The Labute approximate surface area is 195 Å². The van der Waals surface area contributed by atoms with E-state index in [2.05, 4.69) is 11.9 Å². The van der Waals surface area contributed by atoms with Gasteiger partial charge in [0, 0.05) is 17.8 Å². The molecule has 0 fully saturated rings. The summed E-state index contributed by atoms with van der Waals surface area (Å²) < 4.78 is 22.7. The third kappa shape index (κ3) is 5.68. The zero-order valence-corrected chi connectivity index (χ0v) is 20.0. The summed E-state index contributed by atoms with van der Waals surface area (Å²) >= 11 is 0. The van der Waals surface area contributed by atoms with Crippen LogP contribution in [0.2, 0.25) is 0 Å². The van der Waals surface area contributed by atoms with E-state index in [0.29, 0.717) is 48.0 Å². The maximum Gasteiger partial charge on any atom is 0.203 e. The van der Waals surface area contributed by atoms with Crippen molar-refractivity contribution in [1.29, 1.82) is 0 Å². The Hall–Kier alpha value is -2.86. The molecule has 0 saturated carbocycles. The van der Waals surface area contributed by atoms with E-state index in [4.69, 9.17) is 18.9 Å². The van der Waals surface area contributed by atoms with Gasteiger partial charge in [0.05, 0.1) is 27.4 Å². The molecule has 0 aliphatic carbocycles. The van der Waals surface area contributed by atoms with Gasteiger partial charge in [0.1, 0.15) is 0 Å². The van der Waals surface area contributed by atoms with E-state index in [1.807, 2.05) is 31.3 Å². The van der Waals surface area contributed by atoms with Crippen LogP contribution in [0.4, 0.5) is 0 Å². The number of phenolic OH excluding ortho intramolecular Hbond substituents is 1. The van der Waals surface area contributed by atoms with Gasteiger partial charge in [-0.2, -0.15) is 0 Å². The number of aromatic hydroxyl groups is 1. The maximum absolute atomic E-state index is 10.6. The summed E-state index contributed by atoms with van der Waals surface area (Å²) in [6.07, 6.45) is 7.31. The molecule has 6 nitrogen and oxygen atoms in total. The molecule has 0 saturated heterocycles. The molecule has 32 heavy (non-hydrogen) atoms. The van der Waals surface area contributed by atoms with Gasteiger partial charge < -0.3 is 24.1 Å². The van der Waals surface area contributed by atoms with Crippen molar-refractivity contribution in [1.82, 2.24) is 4.98 Å². The van der Waals surface area contributed by atoms with Gasteiger partial charge in [-0.1, -0.05) is 25.8 Å². The Kier molecular flexibility index (Phi) is 9.72. The first kappa shape index (κ1) is 25.4. The van der Waals surface area contributed by atoms with E-state index >= 15 is 0 Å². The lowest BCUT2D eigenvalue weighted by Gasteiger charge is -2.17. The number of benzene rings is 2. The zero-order valence-electron chi connectivity index (χ0n) is 19.1. The number of hydrogen-bond acceptors (Lipinski definition) is 6. The minimum atomic E-state index is 0. The number of hydrogen-bond donors (Lipinski definition) is 1. The van der Waals surface area contributed by atoms with Crippen molar-refractivity contribution in [2.24, 2.45) is 0 Å². The molecule has 0 bridgehead atoms. The predicted molar refractivity (Wildman–Crippen MR) is 129 cm³/mol. The van der Waals surface area contributed by atoms with E-state index in [1.165, 1.54) is 0 Å². The predicted octanol–water partition coefficient (Wildman–Crippen LogP) is 5.94. The fraction of sp³-hybridized carbons (Fsp3) is 0.400. The lowest BCUT2D eigenvalue weighted by Crippen LogP contribution is -2.03. The van der Waals surface area contributed by atoms with Crippen molar-refractivity contribution in [3.8, 4) is 28.7 Å². The molecule has 0 unspecified atom stereocenters. The van der Waals surface area contributed by atoms with Crippen LogP contribution in [0, 0.1) is 0 Å². The SMILES string of the molecule is CCCCCOc1c(OC)cc(Cc2cncc3c(O)c(OCC)ccc23)cc1OC.Cl. The van der Waals surface area contributed by atoms with Crippen molar-refractivity contribution in [3.05, 3.63) is 47.8 Å². The van der Waals surface area contributed by atoms with Gasteiger partial charge in [0.25, 0.3) is 0 Å². The van der Waals surface area contributed by atoms with Crippen LogP contribution in [-0.2, 0) is 6.42 Å². The number of ether oxygens (including phenoxy) is 4. The molecule has 7 heteroatoms. The number of halogens is 1. The average Bonchev–Trinajstić information content (AvgIpc) is 2.79. The van der Waals surface area contributed by atoms with Crippen LogP contribution in [0.25, 0.3) is 10.8 Å². The quantitative estimate of drug-likeness (QED) is 0.356. The van der Waals surface area contributed by atoms with Crippen molar-refractivity contribution in [3.63, 3.8) is 0 Å². The molecule has 0 amide bonds. The van der Waals surface area contributed by atoms with Crippen LogP contribution in [0.3, 0.4) is 0 Å². The van der Waals surface area contributed by atoms with Gasteiger partial charge in [0.15, 0.2) is 23.0 Å². The normalized spacial score (nSPS) is 10.5. The van der Waals surface area contributed by atoms with Gasteiger partial charge in [-0.05, 0) is 54.5 Å². The minimum Gasteiger partial charge on any atom is -0.504 e. The van der Waals surface area contributed by atoms with Crippen LogP contribution in [0.5, 0.6) is 28.7 Å². The standard InChI is InChI=1S/C25H31NO5.ClH/c1-5-7-8-11-31-25-22(28-3)13-17(14-23(25)29-4)12-18-15-26-16-20-19(18)9-10-21(24(20)27)30-6-2;/h9-10,13-16,27H,5-8,11-12H2,1-4H3;1H. The summed E-state index contributed by atoms with van der Waals surface area (Å²) in [5.41, 5.74) is 1.98. The van der Waals surface area contributed by atoms with Crippen LogP contribution in [0.1, 0.15) is 44.2 Å². The maximum atomic E-state index is 10.6. The first-order chi connectivity index (χ1) is 15.1. The number of phenols is 1. The summed E-state index contributed by atoms with van der Waals surface area (Å²) in [6, 6.07) is 7.67. The monoisotopic (exact) mass is 461 g/mol. The van der Waals surface area contributed by atoms with Crippen molar-refractivity contribution < 1.29 is 24.1 Å². The first-order valence-electron chi connectivity index (χ1n) is 10.7. The van der Waals surface area contributed by atoms with E-state index < -0.39 is 0 Å². The molecular weight excluding hydrogens is 430 g/mol. The van der Waals surface area contributed by atoms with E-state index in [9.17, 15) is 5.11 Å². The second kappa shape index (κ2) is 12.2. The summed E-state index contributed by atoms with van der Waals surface area (Å²) in [6.45, 7) is 5.15. The summed E-state index contributed by atoms with van der Waals surface area (Å²) in [7, 11) is 3.26. The van der Waals surface area contributed by atoms with Crippen LogP contribution >= 0.6 is 12.4 Å². The van der Waals surface area contributed by atoms with Crippen molar-refractivity contribution in [2.45, 2.75) is 39.5 Å². The number of rotatable bonds is 11.